The predicted molar refractivity (Wildman–Crippen MR) is 139 cm³/mol. The van der Waals surface area contributed by atoms with Crippen LogP contribution in [0.1, 0.15) is 46.8 Å². The number of esters is 1. The fourth-order valence-corrected chi connectivity index (χ4v) is 3.90. The van der Waals surface area contributed by atoms with Crippen LogP contribution >= 0.6 is 0 Å². The fourth-order valence-electron chi connectivity index (χ4n) is 3.90. The number of pyridine rings is 1. The third kappa shape index (κ3) is 5.54. The van der Waals surface area contributed by atoms with Crippen molar-refractivity contribution < 1.29 is 19.1 Å². The van der Waals surface area contributed by atoms with Gasteiger partial charge in [-0.2, -0.15) is 9.78 Å². The van der Waals surface area contributed by atoms with E-state index in [4.69, 9.17) is 14.5 Å². The quantitative estimate of drug-likeness (QED) is 0.254. The zero-order valence-electron chi connectivity index (χ0n) is 21.0. The van der Waals surface area contributed by atoms with Gasteiger partial charge in [-0.25, -0.2) is 9.78 Å². The van der Waals surface area contributed by atoms with E-state index in [1.54, 1.807) is 6.92 Å². The first-order chi connectivity index (χ1) is 17.4. The first-order valence-electron chi connectivity index (χ1n) is 12.0. The number of aryl methyl sites for hydroxylation is 3. The van der Waals surface area contributed by atoms with E-state index in [-0.39, 0.29) is 30.3 Å². The summed E-state index contributed by atoms with van der Waals surface area (Å²) in [5, 5.41) is 8.27. The molecule has 0 spiro atoms. The average molecular weight is 487 g/mol. The van der Waals surface area contributed by atoms with Crippen LogP contribution in [0.15, 0.2) is 54.7 Å². The molecule has 0 radical (unpaired) electrons. The second-order valence-corrected chi connectivity index (χ2v) is 8.62. The number of anilines is 1. The molecule has 1 amide bonds. The molecule has 0 aliphatic carbocycles. The molecule has 0 saturated heterocycles. The second kappa shape index (κ2) is 11.0. The van der Waals surface area contributed by atoms with Crippen molar-refractivity contribution in [1.82, 2.24) is 14.8 Å². The highest BCUT2D eigenvalue weighted by Gasteiger charge is 2.22. The van der Waals surface area contributed by atoms with Gasteiger partial charge in [-0.15, -0.1) is 0 Å². The Morgan fingerprint density at radius 1 is 1.03 bits per heavy atom. The van der Waals surface area contributed by atoms with Crippen LogP contribution in [0.2, 0.25) is 0 Å². The van der Waals surface area contributed by atoms with Gasteiger partial charge in [0.1, 0.15) is 11.3 Å². The Hall–Kier alpha value is -4.20. The molecule has 0 bridgehead atoms. The van der Waals surface area contributed by atoms with Crippen molar-refractivity contribution in [2.45, 2.75) is 40.5 Å². The van der Waals surface area contributed by atoms with Gasteiger partial charge in [-0.3, -0.25) is 4.79 Å². The van der Waals surface area contributed by atoms with E-state index in [9.17, 15) is 9.59 Å². The summed E-state index contributed by atoms with van der Waals surface area (Å²) in [5.41, 5.74) is 4.20. The molecule has 0 saturated carbocycles. The maximum absolute atomic E-state index is 12.8. The Morgan fingerprint density at radius 2 is 1.81 bits per heavy atom. The lowest BCUT2D eigenvalue weighted by Crippen LogP contribution is -2.19. The minimum atomic E-state index is -0.560. The highest BCUT2D eigenvalue weighted by Crippen LogP contribution is 2.26. The Labute approximate surface area is 210 Å². The van der Waals surface area contributed by atoms with Gasteiger partial charge >= 0.3 is 5.97 Å². The lowest BCUT2D eigenvalue weighted by Gasteiger charge is -2.13. The van der Waals surface area contributed by atoms with Crippen molar-refractivity contribution in [2.24, 2.45) is 0 Å². The number of carbonyl (C=O) groups excluding carboxylic acids is 2. The van der Waals surface area contributed by atoms with Crippen molar-refractivity contribution in [3.05, 3.63) is 77.0 Å². The molecular formula is C28H30N4O4. The topological polar surface area (TPSA) is 95.3 Å². The van der Waals surface area contributed by atoms with Crippen LogP contribution in [0.3, 0.4) is 0 Å². The van der Waals surface area contributed by atoms with E-state index in [2.05, 4.69) is 10.4 Å². The zero-order chi connectivity index (χ0) is 25.7. The largest absolute Gasteiger partial charge is 0.494 e. The molecule has 0 atom stereocenters. The lowest BCUT2D eigenvalue weighted by atomic mass is 10.1. The molecule has 0 unspecified atom stereocenters. The number of fused-ring (bicyclic) bond motifs is 1. The summed E-state index contributed by atoms with van der Waals surface area (Å²) >= 11 is 0. The van der Waals surface area contributed by atoms with E-state index >= 15 is 0 Å². The van der Waals surface area contributed by atoms with E-state index in [1.807, 2.05) is 69.3 Å². The molecule has 1 N–H and O–H groups in total. The molecule has 8 heteroatoms. The highest BCUT2D eigenvalue weighted by atomic mass is 16.5. The van der Waals surface area contributed by atoms with Gasteiger partial charge in [0.25, 0.3) is 0 Å². The van der Waals surface area contributed by atoms with Crippen molar-refractivity contribution in [2.75, 3.05) is 18.5 Å². The number of hydrogen-bond donors (Lipinski definition) is 1. The molecule has 0 fully saturated rings. The Bertz CT molecular complexity index is 1390. The van der Waals surface area contributed by atoms with E-state index in [0.717, 1.165) is 33.3 Å². The van der Waals surface area contributed by atoms with Crippen molar-refractivity contribution >= 4 is 28.6 Å². The normalized spacial score (nSPS) is 10.9. The maximum atomic E-state index is 12.8. The van der Waals surface area contributed by atoms with Gasteiger partial charge in [0, 0.05) is 11.8 Å². The first-order valence-corrected chi connectivity index (χ1v) is 12.0. The SMILES string of the molecule is CCOC(=O)c1cnn(-c2cc(C)c3cccc(C)c3n2)c1NC(=O)CCCOc1ccc(C)cc1. The number of benzene rings is 2. The van der Waals surface area contributed by atoms with Gasteiger partial charge in [0.15, 0.2) is 11.6 Å². The van der Waals surface area contributed by atoms with Gasteiger partial charge in [-0.1, -0.05) is 35.9 Å². The van der Waals surface area contributed by atoms with Gasteiger partial charge < -0.3 is 14.8 Å². The Kier molecular flexibility index (Phi) is 7.63. The zero-order valence-corrected chi connectivity index (χ0v) is 21.0. The van der Waals surface area contributed by atoms with Gasteiger partial charge in [0.2, 0.25) is 5.91 Å². The summed E-state index contributed by atoms with van der Waals surface area (Å²) in [6, 6.07) is 15.6. The minimum Gasteiger partial charge on any atom is -0.494 e. The van der Waals surface area contributed by atoms with Crippen molar-refractivity contribution in [3.8, 4) is 11.6 Å². The summed E-state index contributed by atoms with van der Waals surface area (Å²) in [7, 11) is 0. The standard InChI is InChI=1S/C28H30N4O4/c1-5-35-28(34)23-17-29-32(24-16-20(4)22-9-6-8-19(3)26(22)30-24)27(23)31-25(33)10-7-15-36-21-13-11-18(2)12-14-21/h6,8-9,11-14,16-17H,5,7,10,15H2,1-4H3,(H,31,33). The number of ether oxygens (including phenoxy) is 2. The maximum Gasteiger partial charge on any atom is 0.343 e. The third-order valence-corrected chi connectivity index (χ3v) is 5.81. The van der Waals surface area contributed by atoms with Crippen LogP contribution in [-0.4, -0.2) is 39.9 Å². The predicted octanol–water partition coefficient (Wildman–Crippen LogP) is 5.32. The fraction of sp³-hybridized carbons (Fsp3) is 0.286. The minimum absolute atomic E-state index is 0.172. The first kappa shape index (κ1) is 24.9. The molecular weight excluding hydrogens is 456 g/mol. The number of para-hydroxylation sites is 1. The van der Waals surface area contributed by atoms with Crippen molar-refractivity contribution in [3.63, 3.8) is 0 Å². The molecule has 2 aromatic heterocycles. The monoisotopic (exact) mass is 486 g/mol. The number of hydrogen-bond acceptors (Lipinski definition) is 6. The second-order valence-electron chi connectivity index (χ2n) is 8.62. The molecule has 186 valence electrons. The van der Waals surface area contributed by atoms with E-state index in [0.29, 0.717) is 18.8 Å². The number of nitrogens with zero attached hydrogens (tertiary/aromatic N) is 3. The molecule has 0 aliphatic heterocycles. The van der Waals surface area contributed by atoms with E-state index < -0.39 is 5.97 Å². The summed E-state index contributed by atoms with van der Waals surface area (Å²) in [6.07, 6.45) is 2.12. The number of rotatable bonds is 9. The van der Waals surface area contributed by atoms with Gasteiger partial charge in [-0.05, 0) is 63.4 Å². The van der Waals surface area contributed by atoms with Crippen LogP contribution in [0, 0.1) is 20.8 Å². The molecule has 36 heavy (non-hydrogen) atoms. The smallest absolute Gasteiger partial charge is 0.343 e. The number of amides is 1. The molecule has 4 rings (SSSR count). The highest BCUT2D eigenvalue weighted by molar-refractivity contribution is 6.00. The van der Waals surface area contributed by atoms with Crippen LogP contribution in [0.5, 0.6) is 5.75 Å². The van der Waals surface area contributed by atoms with Crippen LogP contribution < -0.4 is 10.1 Å². The number of carbonyl (C=O) groups is 2. The van der Waals surface area contributed by atoms with Crippen molar-refractivity contribution in [1.29, 1.82) is 0 Å². The lowest BCUT2D eigenvalue weighted by molar-refractivity contribution is -0.116. The summed E-state index contributed by atoms with van der Waals surface area (Å²) in [5.74, 6) is 0.677. The molecule has 0 aliphatic rings. The average Bonchev–Trinajstić information content (AvgIpc) is 3.27. The summed E-state index contributed by atoms with van der Waals surface area (Å²) in [6.45, 7) is 8.33. The summed E-state index contributed by atoms with van der Waals surface area (Å²) < 4.78 is 12.4. The number of aromatic nitrogens is 3. The molecule has 2 aromatic carbocycles. The Balaban J connectivity index is 1.55. The Morgan fingerprint density at radius 3 is 2.56 bits per heavy atom. The molecule has 2 heterocycles. The van der Waals surface area contributed by atoms with Crippen LogP contribution in [0.4, 0.5) is 5.82 Å². The number of nitrogens with one attached hydrogen (secondary N) is 1. The molecule has 4 aromatic rings. The van der Waals surface area contributed by atoms with E-state index in [1.165, 1.54) is 10.9 Å². The van der Waals surface area contributed by atoms with Gasteiger partial charge in [0.05, 0.1) is 24.9 Å². The van der Waals surface area contributed by atoms with Crippen LogP contribution in [0.25, 0.3) is 16.7 Å². The summed E-state index contributed by atoms with van der Waals surface area (Å²) in [4.78, 5) is 30.2. The third-order valence-electron chi connectivity index (χ3n) is 5.81. The molecule has 8 nitrogen and oxygen atoms in total. The van der Waals surface area contributed by atoms with Crippen LogP contribution in [-0.2, 0) is 9.53 Å².